The summed E-state index contributed by atoms with van der Waals surface area (Å²) in [6.45, 7) is 6.63. The number of hydrogen-bond donors (Lipinski definition) is 0. The second-order valence-corrected chi connectivity index (χ2v) is 6.14. The molecule has 0 aliphatic rings. The molecule has 0 bridgehead atoms. The molecule has 0 saturated carbocycles. The van der Waals surface area contributed by atoms with Gasteiger partial charge in [0.15, 0.2) is 6.61 Å². The third kappa shape index (κ3) is 5.82. The Morgan fingerprint density at radius 3 is 2.15 bits per heavy atom. The average molecular weight is 352 g/mol. The molecule has 136 valence electrons. The normalized spacial score (nSPS) is 11.3. The Labute approximate surface area is 154 Å². The van der Waals surface area contributed by atoms with Crippen molar-refractivity contribution in [1.29, 1.82) is 5.26 Å². The summed E-state index contributed by atoms with van der Waals surface area (Å²) in [6.07, 6.45) is 0. The number of rotatable bonds is 8. The molecular formula is C21H24N2O3. The van der Waals surface area contributed by atoms with Gasteiger partial charge in [0.25, 0.3) is 5.91 Å². The number of amides is 1. The highest BCUT2D eigenvalue weighted by Crippen LogP contribution is 2.24. The van der Waals surface area contributed by atoms with Crippen LogP contribution in [-0.4, -0.2) is 30.5 Å². The summed E-state index contributed by atoms with van der Waals surface area (Å²) in [7, 11) is 0. The largest absolute Gasteiger partial charge is 0.484 e. The molecule has 0 fully saturated rings. The van der Waals surface area contributed by atoms with Crippen molar-refractivity contribution in [3.8, 4) is 23.3 Å². The molecule has 0 aliphatic carbocycles. The Morgan fingerprint density at radius 1 is 1.08 bits per heavy atom. The van der Waals surface area contributed by atoms with Gasteiger partial charge in [-0.15, -0.1) is 0 Å². The number of aryl methyl sites for hydroxylation is 1. The van der Waals surface area contributed by atoms with E-state index < -0.39 is 0 Å². The zero-order valence-corrected chi connectivity index (χ0v) is 15.4. The monoisotopic (exact) mass is 352 g/mol. The summed E-state index contributed by atoms with van der Waals surface area (Å²) >= 11 is 0. The summed E-state index contributed by atoms with van der Waals surface area (Å²) in [6, 6.07) is 17.1. The molecule has 2 rings (SSSR count). The number of carbonyl (C=O) groups excluding carboxylic acids is 1. The Morgan fingerprint density at radius 2 is 1.62 bits per heavy atom. The maximum absolute atomic E-state index is 12.2. The van der Waals surface area contributed by atoms with Crippen LogP contribution in [0, 0.1) is 24.2 Å². The van der Waals surface area contributed by atoms with Gasteiger partial charge in [0.1, 0.15) is 17.2 Å². The fraction of sp³-hybridized carbons (Fsp3) is 0.333. The average Bonchev–Trinajstić information content (AvgIpc) is 2.66. The van der Waals surface area contributed by atoms with Crippen LogP contribution in [0.1, 0.15) is 19.4 Å². The molecule has 0 N–H and O–H groups in total. The van der Waals surface area contributed by atoms with E-state index >= 15 is 0 Å². The van der Waals surface area contributed by atoms with Crippen LogP contribution in [0.4, 0.5) is 0 Å². The Hall–Kier alpha value is -3.00. The van der Waals surface area contributed by atoms with Crippen LogP contribution in [0.3, 0.4) is 0 Å². The molecule has 0 radical (unpaired) electrons. The van der Waals surface area contributed by atoms with Gasteiger partial charge in [-0.1, -0.05) is 17.7 Å². The summed E-state index contributed by atoms with van der Waals surface area (Å²) < 4.78 is 11.3. The van der Waals surface area contributed by atoms with E-state index in [1.807, 2.05) is 38.1 Å². The van der Waals surface area contributed by atoms with Crippen molar-refractivity contribution in [2.75, 3.05) is 19.7 Å². The highest BCUT2D eigenvalue weighted by atomic mass is 16.5. The van der Waals surface area contributed by atoms with Crippen molar-refractivity contribution in [2.24, 2.45) is 5.92 Å². The molecule has 5 nitrogen and oxygen atoms in total. The van der Waals surface area contributed by atoms with E-state index in [1.54, 1.807) is 36.1 Å². The summed E-state index contributed by atoms with van der Waals surface area (Å²) in [4.78, 5) is 13.8. The molecule has 0 saturated heterocycles. The van der Waals surface area contributed by atoms with E-state index in [2.05, 4.69) is 6.07 Å². The first-order chi connectivity index (χ1) is 12.5. The van der Waals surface area contributed by atoms with Gasteiger partial charge in [-0.05, 0) is 57.2 Å². The van der Waals surface area contributed by atoms with Crippen LogP contribution in [0.2, 0.25) is 0 Å². The number of nitrogens with zero attached hydrogens (tertiary/aromatic N) is 2. The molecule has 1 unspecified atom stereocenters. The molecule has 0 spiro atoms. The smallest absolute Gasteiger partial charge is 0.260 e. The van der Waals surface area contributed by atoms with Crippen LogP contribution in [0.15, 0.2) is 48.5 Å². The van der Waals surface area contributed by atoms with E-state index in [0.717, 1.165) is 5.75 Å². The number of hydrogen-bond acceptors (Lipinski definition) is 4. The van der Waals surface area contributed by atoms with Crippen LogP contribution in [0.5, 0.6) is 17.2 Å². The topological polar surface area (TPSA) is 62.6 Å². The minimum Gasteiger partial charge on any atom is -0.484 e. The van der Waals surface area contributed by atoms with Crippen molar-refractivity contribution in [3.63, 3.8) is 0 Å². The first-order valence-electron chi connectivity index (χ1n) is 8.66. The van der Waals surface area contributed by atoms with E-state index in [9.17, 15) is 4.79 Å². The Bertz CT molecular complexity index is 748. The number of ether oxygens (including phenoxy) is 2. The molecule has 1 atom stereocenters. The lowest BCUT2D eigenvalue weighted by atomic mass is 10.2. The SMILES string of the molecule is CCN(CC(C)C#N)C(=O)COc1ccc(Oc2ccc(C)cc2)cc1. The van der Waals surface area contributed by atoms with E-state index in [4.69, 9.17) is 14.7 Å². The highest BCUT2D eigenvalue weighted by molar-refractivity contribution is 5.77. The predicted octanol–water partition coefficient (Wildman–Crippen LogP) is 4.17. The van der Waals surface area contributed by atoms with Crippen LogP contribution in [0.25, 0.3) is 0 Å². The Kier molecular flexibility index (Phi) is 7.04. The second-order valence-electron chi connectivity index (χ2n) is 6.14. The van der Waals surface area contributed by atoms with Crippen LogP contribution in [-0.2, 0) is 4.79 Å². The molecule has 1 amide bonds. The van der Waals surface area contributed by atoms with Gasteiger partial charge in [0.05, 0.1) is 12.0 Å². The number of carbonyl (C=O) groups is 1. The maximum Gasteiger partial charge on any atom is 0.260 e. The quantitative estimate of drug-likeness (QED) is 0.715. The second kappa shape index (κ2) is 9.47. The van der Waals surface area contributed by atoms with Gasteiger partial charge < -0.3 is 14.4 Å². The lowest BCUT2D eigenvalue weighted by molar-refractivity contribution is -0.133. The zero-order valence-electron chi connectivity index (χ0n) is 15.4. The molecule has 0 aliphatic heterocycles. The fourth-order valence-corrected chi connectivity index (χ4v) is 2.36. The molecule has 0 heterocycles. The Balaban J connectivity index is 1.87. The fourth-order valence-electron chi connectivity index (χ4n) is 2.36. The van der Waals surface area contributed by atoms with Gasteiger partial charge in [-0.3, -0.25) is 4.79 Å². The first-order valence-corrected chi connectivity index (χ1v) is 8.66. The molecule has 2 aromatic rings. The minimum absolute atomic E-state index is 0.0514. The molecular weight excluding hydrogens is 328 g/mol. The van der Waals surface area contributed by atoms with Crippen molar-refractivity contribution >= 4 is 5.91 Å². The van der Waals surface area contributed by atoms with Crippen molar-refractivity contribution in [3.05, 3.63) is 54.1 Å². The minimum atomic E-state index is -0.197. The predicted molar refractivity (Wildman–Crippen MR) is 100 cm³/mol. The summed E-state index contributed by atoms with van der Waals surface area (Å²) in [5, 5.41) is 8.88. The third-order valence-corrected chi connectivity index (χ3v) is 3.89. The summed E-state index contributed by atoms with van der Waals surface area (Å²) in [5.74, 6) is 1.74. The van der Waals surface area contributed by atoms with E-state index in [0.29, 0.717) is 24.6 Å². The van der Waals surface area contributed by atoms with Crippen molar-refractivity contribution < 1.29 is 14.3 Å². The zero-order chi connectivity index (χ0) is 18.9. The number of benzene rings is 2. The molecule has 26 heavy (non-hydrogen) atoms. The summed E-state index contributed by atoms with van der Waals surface area (Å²) in [5.41, 5.74) is 1.18. The maximum atomic E-state index is 12.2. The number of likely N-dealkylation sites (N-methyl/N-ethyl adjacent to an activating group) is 1. The third-order valence-electron chi connectivity index (χ3n) is 3.89. The van der Waals surface area contributed by atoms with Gasteiger partial charge in [-0.25, -0.2) is 0 Å². The molecule has 0 aromatic heterocycles. The van der Waals surface area contributed by atoms with Crippen molar-refractivity contribution in [2.45, 2.75) is 20.8 Å². The number of nitriles is 1. The lowest BCUT2D eigenvalue weighted by Gasteiger charge is -2.22. The first kappa shape index (κ1) is 19.3. The van der Waals surface area contributed by atoms with E-state index in [-0.39, 0.29) is 18.4 Å². The molecule has 5 heteroatoms. The lowest BCUT2D eigenvalue weighted by Crippen LogP contribution is -2.37. The highest BCUT2D eigenvalue weighted by Gasteiger charge is 2.15. The van der Waals surface area contributed by atoms with Crippen LogP contribution < -0.4 is 9.47 Å². The van der Waals surface area contributed by atoms with Gasteiger partial charge in [-0.2, -0.15) is 5.26 Å². The van der Waals surface area contributed by atoms with Gasteiger partial charge in [0.2, 0.25) is 0 Å². The standard InChI is InChI=1S/C21H24N2O3/c1-4-23(14-17(3)13-22)21(24)15-25-18-9-11-20(12-10-18)26-19-7-5-16(2)6-8-19/h5-12,17H,4,14-15H2,1-3H3. The molecule has 2 aromatic carbocycles. The van der Waals surface area contributed by atoms with Crippen LogP contribution >= 0.6 is 0 Å². The van der Waals surface area contributed by atoms with E-state index in [1.165, 1.54) is 5.56 Å². The van der Waals surface area contributed by atoms with Crippen molar-refractivity contribution in [1.82, 2.24) is 4.90 Å². The van der Waals surface area contributed by atoms with Gasteiger partial charge >= 0.3 is 0 Å². The van der Waals surface area contributed by atoms with Gasteiger partial charge in [0, 0.05) is 13.1 Å².